The Bertz CT molecular complexity index is 1300. The molecule has 0 radical (unpaired) electrons. The summed E-state index contributed by atoms with van der Waals surface area (Å²) < 4.78 is 60.7. The van der Waals surface area contributed by atoms with Gasteiger partial charge in [0.25, 0.3) is 0 Å². The smallest absolute Gasteiger partial charge is 0.221 e. The van der Waals surface area contributed by atoms with Crippen molar-refractivity contribution < 1.29 is 17.2 Å². The summed E-state index contributed by atoms with van der Waals surface area (Å²) >= 11 is 0. The molecule has 1 aliphatic carbocycles. The van der Waals surface area contributed by atoms with E-state index in [9.17, 15) is 8.42 Å². The van der Waals surface area contributed by atoms with Crippen molar-refractivity contribution in [2.45, 2.75) is 43.6 Å². The lowest BCUT2D eigenvalue weighted by Gasteiger charge is -2.37. The third-order valence-corrected chi connectivity index (χ3v) is 10.2. The van der Waals surface area contributed by atoms with Gasteiger partial charge in [-0.1, -0.05) is 30.3 Å². The maximum atomic E-state index is 15.2. The zero-order chi connectivity index (χ0) is 24.3. The van der Waals surface area contributed by atoms with E-state index in [1.165, 1.54) is 16.4 Å². The van der Waals surface area contributed by atoms with Gasteiger partial charge in [0.1, 0.15) is 35.2 Å². The number of nitrogens with zero attached hydrogens (tertiary/aromatic N) is 5. The number of sulfonamides is 1. The molecular formula is C25H27F2N5O2S. The molecule has 35 heavy (non-hydrogen) atoms. The van der Waals surface area contributed by atoms with Gasteiger partial charge in [-0.3, -0.25) is 0 Å². The zero-order valence-electron chi connectivity index (χ0n) is 19.3. The highest BCUT2D eigenvalue weighted by atomic mass is 32.2. The standard InChI is InChI=1S/C25H27F2N5O2S/c1-16-7-8-23(18-5-3-2-4-6-18)35(33,34)32(16)11-17-9-21(26)25(22(27)10-17)30-12-19-20(13-30)24(19)31-14-28-29-15-31/h2-6,9-10,14-16,19-20,23-24H,7-8,11-13H2,1H3/t16-,19-,20+,23+,24+/m0/s1. The molecular weight excluding hydrogens is 472 g/mol. The van der Waals surface area contributed by atoms with Gasteiger partial charge < -0.3 is 9.47 Å². The lowest BCUT2D eigenvalue weighted by atomic mass is 10.0. The number of aromatic nitrogens is 3. The second kappa shape index (κ2) is 8.37. The molecule has 3 heterocycles. The quantitative estimate of drug-likeness (QED) is 0.532. The van der Waals surface area contributed by atoms with Crippen molar-refractivity contribution in [3.63, 3.8) is 0 Å². The molecule has 2 aliphatic heterocycles. The maximum absolute atomic E-state index is 15.2. The molecule has 10 heteroatoms. The van der Waals surface area contributed by atoms with Crippen molar-refractivity contribution in [3.8, 4) is 0 Å². The lowest BCUT2D eigenvalue weighted by molar-refractivity contribution is 0.281. The van der Waals surface area contributed by atoms with Gasteiger partial charge in [0.15, 0.2) is 0 Å². The first-order valence-electron chi connectivity index (χ1n) is 12.0. The summed E-state index contributed by atoms with van der Waals surface area (Å²) in [6, 6.07) is 11.8. The number of benzene rings is 2. The van der Waals surface area contributed by atoms with Crippen LogP contribution in [0.25, 0.3) is 0 Å². The number of piperidine rings is 1. The van der Waals surface area contributed by atoms with Gasteiger partial charge in [0, 0.05) is 43.6 Å². The Morgan fingerprint density at radius 2 is 1.60 bits per heavy atom. The van der Waals surface area contributed by atoms with Crippen LogP contribution in [-0.2, 0) is 16.6 Å². The molecule has 3 fully saturated rings. The van der Waals surface area contributed by atoms with E-state index in [1.54, 1.807) is 17.6 Å². The molecule has 3 aliphatic rings. The Morgan fingerprint density at radius 1 is 0.971 bits per heavy atom. The number of halogens is 2. The minimum atomic E-state index is -3.68. The van der Waals surface area contributed by atoms with Crippen LogP contribution in [0.4, 0.5) is 14.5 Å². The second-order valence-electron chi connectivity index (χ2n) is 9.96. The van der Waals surface area contributed by atoms with E-state index >= 15 is 8.78 Å². The summed E-state index contributed by atoms with van der Waals surface area (Å²) in [7, 11) is -3.68. The van der Waals surface area contributed by atoms with Gasteiger partial charge in [0.2, 0.25) is 10.0 Å². The monoisotopic (exact) mass is 499 g/mol. The maximum Gasteiger partial charge on any atom is 0.221 e. The molecule has 5 atom stereocenters. The summed E-state index contributed by atoms with van der Waals surface area (Å²) in [5.74, 6) is -0.662. The fourth-order valence-corrected chi connectivity index (χ4v) is 8.22. The van der Waals surface area contributed by atoms with Crippen molar-refractivity contribution in [2.75, 3.05) is 18.0 Å². The molecule has 6 rings (SSSR count). The van der Waals surface area contributed by atoms with Crippen LogP contribution in [-0.4, -0.2) is 46.6 Å². The fraction of sp³-hybridized carbons (Fsp3) is 0.440. The molecule has 1 saturated carbocycles. The van der Waals surface area contributed by atoms with E-state index < -0.39 is 26.9 Å². The predicted molar refractivity (Wildman–Crippen MR) is 127 cm³/mol. The molecule has 0 unspecified atom stereocenters. The number of anilines is 1. The van der Waals surface area contributed by atoms with Crippen molar-refractivity contribution in [1.29, 1.82) is 0 Å². The van der Waals surface area contributed by atoms with E-state index in [4.69, 9.17) is 0 Å². The Labute approximate surface area is 203 Å². The van der Waals surface area contributed by atoms with E-state index in [-0.39, 0.29) is 24.3 Å². The summed E-state index contributed by atoms with van der Waals surface area (Å²) in [5.41, 5.74) is 1.04. The van der Waals surface area contributed by atoms with Crippen LogP contribution >= 0.6 is 0 Å². The minimum absolute atomic E-state index is 0.0276. The van der Waals surface area contributed by atoms with Gasteiger partial charge in [0.05, 0.1) is 0 Å². The van der Waals surface area contributed by atoms with Gasteiger partial charge in [-0.15, -0.1) is 10.2 Å². The van der Waals surface area contributed by atoms with Gasteiger partial charge in [-0.2, -0.15) is 4.31 Å². The highest BCUT2D eigenvalue weighted by molar-refractivity contribution is 7.89. The largest absolute Gasteiger partial charge is 0.366 e. The summed E-state index contributed by atoms with van der Waals surface area (Å²) in [4.78, 5) is 1.76. The Kier molecular flexibility index (Phi) is 5.41. The van der Waals surface area contributed by atoms with Crippen LogP contribution in [0, 0.1) is 23.5 Å². The topological polar surface area (TPSA) is 71.3 Å². The number of hydrogen-bond donors (Lipinski definition) is 0. The molecule has 1 aromatic heterocycles. The normalized spacial score (nSPS) is 29.8. The Hall–Kier alpha value is -2.85. The Morgan fingerprint density at radius 3 is 2.23 bits per heavy atom. The minimum Gasteiger partial charge on any atom is -0.366 e. The van der Waals surface area contributed by atoms with Crippen LogP contribution < -0.4 is 4.90 Å². The summed E-state index contributed by atoms with van der Waals surface area (Å²) in [6.45, 7) is 2.93. The number of fused-ring (bicyclic) bond motifs is 1. The van der Waals surface area contributed by atoms with Gasteiger partial charge in [-0.05, 0) is 43.0 Å². The number of rotatable bonds is 5. The molecule has 184 valence electrons. The average Bonchev–Trinajstić information content (AvgIpc) is 3.19. The molecule has 0 bridgehead atoms. The highest BCUT2D eigenvalue weighted by Crippen LogP contribution is 2.56. The summed E-state index contributed by atoms with van der Waals surface area (Å²) in [6.07, 6.45) is 4.58. The van der Waals surface area contributed by atoms with E-state index in [0.717, 1.165) is 5.56 Å². The molecule has 2 saturated heterocycles. The van der Waals surface area contributed by atoms with E-state index in [0.29, 0.717) is 43.3 Å². The molecule has 7 nitrogen and oxygen atoms in total. The van der Waals surface area contributed by atoms with Gasteiger partial charge in [-0.25, -0.2) is 17.2 Å². The van der Waals surface area contributed by atoms with Crippen molar-refractivity contribution >= 4 is 15.7 Å². The third-order valence-electron chi connectivity index (χ3n) is 7.86. The van der Waals surface area contributed by atoms with Crippen LogP contribution in [0.3, 0.4) is 0 Å². The van der Waals surface area contributed by atoms with Crippen LogP contribution in [0.2, 0.25) is 0 Å². The average molecular weight is 500 g/mol. The molecule has 2 aromatic carbocycles. The van der Waals surface area contributed by atoms with Crippen molar-refractivity contribution in [2.24, 2.45) is 11.8 Å². The van der Waals surface area contributed by atoms with Crippen LogP contribution in [0.15, 0.2) is 55.1 Å². The predicted octanol–water partition coefficient (Wildman–Crippen LogP) is 3.92. The van der Waals surface area contributed by atoms with E-state index in [2.05, 4.69) is 10.2 Å². The fourth-order valence-electron chi connectivity index (χ4n) is 6.03. The SMILES string of the molecule is C[C@H]1CC[C@H](c2ccccc2)S(=O)(=O)N1Cc1cc(F)c(N2C[C@@H]3[C@H](C2)[C@H]3n2cnnc2)c(F)c1. The lowest BCUT2D eigenvalue weighted by Crippen LogP contribution is -2.44. The number of hydrogen-bond acceptors (Lipinski definition) is 5. The van der Waals surface area contributed by atoms with Gasteiger partial charge >= 0.3 is 0 Å². The second-order valence-corrected chi connectivity index (χ2v) is 12.0. The summed E-state index contributed by atoms with van der Waals surface area (Å²) in [5, 5.41) is 7.04. The highest BCUT2D eigenvalue weighted by Gasteiger charge is 2.57. The molecule has 0 N–H and O–H groups in total. The third kappa shape index (κ3) is 3.83. The van der Waals surface area contributed by atoms with Crippen LogP contribution in [0.1, 0.15) is 42.2 Å². The molecule has 3 aromatic rings. The van der Waals surface area contributed by atoms with E-state index in [1.807, 2.05) is 41.8 Å². The first kappa shape index (κ1) is 22.6. The Balaban J connectivity index is 1.20. The zero-order valence-corrected chi connectivity index (χ0v) is 20.2. The van der Waals surface area contributed by atoms with Crippen molar-refractivity contribution in [3.05, 3.63) is 77.9 Å². The first-order valence-corrected chi connectivity index (χ1v) is 13.5. The first-order chi connectivity index (χ1) is 16.8. The molecule has 0 amide bonds. The molecule has 0 spiro atoms. The van der Waals surface area contributed by atoms with Crippen molar-refractivity contribution in [1.82, 2.24) is 19.1 Å². The van der Waals surface area contributed by atoms with Crippen LogP contribution in [0.5, 0.6) is 0 Å².